The lowest BCUT2D eigenvalue weighted by molar-refractivity contribution is 0.0795. The summed E-state index contributed by atoms with van der Waals surface area (Å²) in [5, 5.41) is 3.63. The van der Waals surface area contributed by atoms with Gasteiger partial charge in [0.1, 0.15) is 0 Å². The van der Waals surface area contributed by atoms with Crippen LogP contribution in [0, 0.1) is 0 Å². The second-order valence-electron chi connectivity index (χ2n) is 3.82. The molecule has 17 heavy (non-hydrogen) atoms. The van der Waals surface area contributed by atoms with E-state index in [-0.39, 0.29) is 5.88 Å². The summed E-state index contributed by atoms with van der Waals surface area (Å²) < 4.78 is 28.7. The largest absolute Gasteiger partial charge is 0.472 e. The third-order valence-corrected chi connectivity index (χ3v) is 2.27. The molecule has 0 bridgehead atoms. The van der Waals surface area contributed by atoms with E-state index >= 15 is 0 Å². The van der Waals surface area contributed by atoms with Crippen molar-refractivity contribution in [1.82, 2.24) is 10.3 Å². The van der Waals surface area contributed by atoms with Gasteiger partial charge in [0, 0.05) is 18.7 Å². The summed E-state index contributed by atoms with van der Waals surface area (Å²) in [6, 6.07) is 3.36. The number of nitrogens with one attached hydrogen (secondary N) is 1. The first-order valence-corrected chi connectivity index (χ1v) is 5.66. The van der Waals surface area contributed by atoms with Gasteiger partial charge in [-0.2, -0.15) is 0 Å². The lowest BCUT2D eigenvalue weighted by Crippen LogP contribution is -2.22. The Morgan fingerprint density at radius 1 is 1.41 bits per heavy atom. The van der Waals surface area contributed by atoms with E-state index in [0.717, 1.165) is 0 Å². The first-order valence-electron chi connectivity index (χ1n) is 5.28. The van der Waals surface area contributed by atoms with Crippen LogP contribution >= 0.6 is 11.6 Å². The molecule has 1 heterocycles. The molecule has 0 aromatic carbocycles. The number of alkyl halides is 2. The Morgan fingerprint density at radius 3 is 2.71 bits per heavy atom. The number of ether oxygens (including phenoxy) is 1. The Bertz CT molecular complexity index is 361. The molecule has 0 radical (unpaired) electrons. The van der Waals surface area contributed by atoms with Gasteiger partial charge in [-0.3, -0.25) is 0 Å². The van der Waals surface area contributed by atoms with Crippen molar-refractivity contribution in [3.63, 3.8) is 0 Å². The van der Waals surface area contributed by atoms with Crippen molar-refractivity contribution in [2.24, 2.45) is 0 Å². The van der Waals surface area contributed by atoms with E-state index in [1.165, 1.54) is 6.07 Å². The number of hydrogen-bond donors (Lipinski definition) is 1. The molecule has 3 nitrogen and oxygen atoms in total. The molecule has 0 aliphatic rings. The Balaban J connectivity index is 2.65. The summed E-state index contributed by atoms with van der Waals surface area (Å²) in [5.74, 6) is 0.162. The molecule has 0 amide bonds. The Kier molecular flexibility index (Phi) is 5.58. The molecule has 1 aromatic heterocycles. The Labute approximate surface area is 104 Å². The van der Waals surface area contributed by atoms with Gasteiger partial charge in [-0.15, -0.1) is 0 Å². The molecule has 0 saturated carbocycles. The van der Waals surface area contributed by atoms with Crippen molar-refractivity contribution in [3.8, 4) is 5.88 Å². The van der Waals surface area contributed by atoms with Gasteiger partial charge in [-0.05, 0) is 6.07 Å². The van der Waals surface area contributed by atoms with Crippen LogP contribution in [0.2, 0.25) is 5.02 Å². The number of aromatic nitrogens is 1. The third kappa shape index (κ3) is 5.28. The molecule has 0 aliphatic carbocycles. The zero-order chi connectivity index (χ0) is 12.8. The van der Waals surface area contributed by atoms with E-state index in [2.05, 4.69) is 10.3 Å². The molecular formula is C11H15ClF2N2O. The fourth-order valence-electron chi connectivity index (χ4n) is 1.12. The van der Waals surface area contributed by atoms with Crippen LogP contribution in [0.3, 0.4) is 0 Å². The van der Waals surface area contributed by atoms with Crippen molar-refractivity contribution < 1.29 is 13.5 Å². The standard InChI is InChI=1S/C11H15ClF2N2O/c1-7(2)15-5-9-8(12)3-4-11(16-9)17-6-10(13)14/h3-4,7,10,15H,5-6H2,1-2H3. The molecule has 1 N–H and O–H groups in total. The van der Waals surface area contributed by atoms with Gasteiger partial charge in [0.2, 0.25) is 5.88 Å². The fourth-order valence-corrected chi connectivity index (χ4v) is 1.29. The molecule has 0 atom stereocenters. The zero-order valence-corrected chi connectivity index (χ0v) is 10.5. The maximum Gasteiger partial charge on any atom is 0.272 e. The lowest BCUT2D eigenvalue weighted by atomic mass is 10.3. The predicted molar refractivity (Wildman–Crippen MR) is 62.7 cm³/mol. The normalized spacial score (nSPS) is 11.2. The van der Waals surface area contributed by atoms with Crippen molar-refractivity contribution in [2.75, 3.05) is 6.61 Å². The number of nitrogens with zero attached hydrogens (tertiary/aromatic N) is 1. The number of hydrogen-bond acceptors (Lipinski definition) is 3. The van der Waals surface area contributed by atoms with Gasteiger partial charge in [0.05, 0.1) is 10.7 Å². The zero-order valence-electron chi connectivity index (χ0n) is 9.71. The van der Waals surface area contributed by atoms with Crippen LogP contribution in [0.4, 0.5) is 8.78 Å². The SMILES string of the molecule is CC(C)NCc1nc(OCC(F)F)ccc1Cl. The summed E-state index contributed by atoms with van der Waals surface area (Å²) in [4.78, 5) is 4.07. The molecule has 0 fully saturated rings. The molecule has 0 saturated heterocycles. The summed E-state index contributed by atoms with van der Waals surface area (Å²) in [6.45, 7) is 3.80. The summed E-state index contributed by atoms with van der Waals surface area (Å²) in [6.07, 6.45) is -2.51. The van der Waals surface area contributed by atoms with E-state index in [1.807, 2.05) is 13.8 Å². The van der Waals surface area contributed by atoms with E-state index in [0.29, 0.717) is 23.3 Å². The minimum Gasteiger partial charge on any atom is -0.472 e. The van der Waals surface area contributed by atoms with Crippen molar-refractivity contribution >= 4 is 11.6 Å². The van der Waals surface area contributed by atoms with Crippen molar-refractivity contribution in [2.45, 2.75) is 32.9 Å². The van der Waals surface area contributed by atoms with E-state index in [4.69, 9.17) is 16.3 Å². The van der Waals surface area contributed by atoms with Gasteiger partial charge in [-0.25, -0.2) is 13.8 Å². The molecule has 1 rings (SSSR count). The average molecular weight is 265 g/mol. The highest BCUT2D eigenvalue weighted by molar-refractivity contribution is 6.31. The highest BCUT2D eigenvalue weighted by Gasteiger charge is 2.08. The second-order valence-corrected chi connectivity index (χ2v) is 4.22. The highest BCUT2D eigenvalue weighted by Crippen LogP contribution is 2.18. The van der Waals surface area contributed by atoms with E-state index in [9.17, 15) is 8.78 Å². The van der Waals surface area contributed by atoms with Gasteiger partial charge < -0.3 is 10.1 Å². The van der Waals surface area contributed by atoms with Gasteiger partial charge in [-0.1, -0.05) is 25.4 Å². The smallest absolute Gasteiger partial charge is 0.272 e. The summed E-state index contributed by atoms with van der Waals surface area (Å²) >= 11 is 5.94. The fraction of sp³-hybridized carbons (Fsp3) is 0.545. The number of halogens is 3. The topological polar surface area (TPSA) is 34.2 Å². The van der Waals surface area contributed by atoms with E-state index in [1.54, 1.807) is 6.07 Å². The minimum absolute atomic E-state index is 0.162. The van der Waals surface area contributed by atoms with Crippen LogP contribution in [0.1, 0.15) is 19.5 Å². The maximum absolute atomic E-state index is 12.0. The molecule has 0 aliphatic heterocycles. The Hall–Kier alpha value is -0.940. The molecule has 1 aromatic rings. The third-order valence-electron chi connectivity index (χ3n) is 1.93. The lowest BCUT2D eigenvalue weighted by Gasteiger charge is -2.10. The van der Waals surface area contributed by atoms with Crippen molar-refractivity contribution in [1.29, 1.82) is 0 Å². The van der Waals surface area contributed by atoms with Gasteiger partial charge in [0.15, 0.2) is 6.61 Å². The summed E-state index contributed by atoms with van der Waals surface area (Å²) in [5.41, 5.74) is 0.590. The highest BCUT2D eigenvalue weighted by atomic mass is 35.5. The molecule has 0 unspecified atom stereocenters. The van der Waals surface area contributed by atoms with Gasteiger partial charge >= 0.3 is 0 Å². The first kappa shape index (κ1) is 14.1. The second kappa shape index (κ2) is 6.71. The van der Waals surface area contributed by atoms with E-state index < -0.39 is 13.0 Å². The molecule has 0 spiro atoms. The maximum atomic E-state index is 12.0. The number of pyridine rings is 1. The summed E-state index contributed by atoms with van der Waals surface area (Å²) in [7, 11) is 0. The first-order chi connectivity index (χ1) is 7.99. The Morgan fingerprint density at radius 2 is 2.12 bits per heavy atom. The van der Waals surface area contributed by atoms with Crippen LogP contribution in [0.15, 0.2) is 12.1 Å². The van der Waals surface area contributed by atoms with Crippen LogP contribution in [-0.4, -0.2) is 24.1 Å². The van der Waals surface area contributed by atoms with Crippen molar-refractivity contribution in [3.05, 3.63) is 22.8 Å². The molecular weight excluding hydrogens is 250 g/mol. The molecule has 6 heteroatoms. The quantitative estimate of drug-likeness (QED) is 0.858. The predicted octanol–water partition coefficient (Wildman–Crippen LogP) is 2.88. The number of rotatable bonds is 6. The van der Waals surface area contributed by atoms with Gasteiger partial charge in [0.25, 0.3) is 6.43 Å². The van der Waals surface area contributed by atoms with Crippen LogP contribution in [0.25, 0.3) is 0 Å². The van der Waals surface area contributed by atoms with Crippen LogP contribution in [0.5, 0.6) is 5.88 Å². The minimum atomic E-state index is -2.51. The molecule has 96 valence electrons. The average Bonchev–Trinajstić information content (AvgIpc) is 2.26. The van der Waals surface area contributed by atoms with Crippen LogP contribution < -0.4 is 10.1 Å². The monoisotopic (exact) mass is 264 g/mol. The van der Waals surface area contributed by atoms with Crippen LogP contribution in [-0.2, 0) is 6.54 Å².